The molecule has 1 unspecified atom stereocenters. The van der Waals surface area contributed by atoms with Gasteiger partial charge in [0, 0.05) is 17.1 Å². The van der Waals surface area contributed by atoms with Crippen LogP contribution in [0, 0.1) is 0 Å². The number of nitrogens with one attached hydrogen (secondary N) is 1. The lowest BCUT2D eigenvalue weighted by molar-refractivity contribution is -0.120. The van der Waals surface area contributed by atoms with Crippen molar-refractivity contribution >= 4 is 29.3 Å². The number of nitrogens with zero attached hydrogens (tertiary/aromatic N) is 3. The number of rotatable bonds is 8. The summed E-state index contributed by atoms with van der Waals surface area (Å²) < 4.78 is 2.03. The van der Waals surface area contributed by atoms with Crippen LogP contribution in [0.1, 0.15) is 12.5 Å². The van der Waals surface area contributed by atoms with Gasteiger partial charge in [-0.1, -0.05) is 59.8 Å². The topological polar surface area (TPSA) is 59.8 Å². The molecule has 0 fully saturated rings. The van der Waals surface area contributed by atoms with Crippen LogP contribution < -0.4 is 5.32 Å². The van der Waals surface area contributed by atoms with Gasteiger partial charge in [-0.3, -0.25) is 9.36 Å². The Balaban J connectivity index is 1.92. The summed E-state index contributed by atoms with van der Waals surface area (Å²) in [7, 11) is 0. The molecule has 1 amide bonds. The average Bonchev–Trinajstić information content (AvgIpc) is 3.09. The van der Waals surface area contributed by atoms with Crippen molar-refractivity contribution in [2.24, 2.45) is 0 Å². The Hall–Kier alpha value is -2.57. The fraction of sp³-hybridized carbons (Fsp3) is 0.190. The number of carbonyl (C=O) groups is 1. The van der Waals surface area contributed by atoms with E-state index in [-0.39, 0.29) is 11.2 Å². The van der Waals surface area contributed by atoms with E-state index in [4.69, 9.17) is 11.6 Å². The Bertz CT molecular complexity index is 941. The van der Waals surface area contributed by atoms with Gasteiger partial charge in [0.05, 0.1) is 11.8 Å². The Morgan fingerprint density at radius 2 is 1.93 bits per heavy atom. The Labute approximate surface area is 173 Å². The Kier molecular flexibility index (Phi) is 6.90. The third-order valence-corrected chi connectivity index (χ3v) is 5.41. The fourth-order valence-electron chi connectivity index (χ4n) is 2.63. The normalized spacial score (nSPS) is 11.8. The first-order valence-electron chi connectivity index (χ1n) is 8.87. The highest BCUT2D eigenvalue weighted by molar-refractivity contribution is 8.00. The maximum Gasteiger partial charge on any atom is 0.233 e. The number of hydrogen-bond donors (Lipinski definition) is 1. The average molecular weight is 413 g/mol. The molecule has 1 heterocycles. The van der Waals surface area contributed by atoms with Crippen LogP contribution in [0.4, 0.5) is 0 Å². The molecule has 0 saturated carbocycles. The molecule has 3 rings (SSSR count). The predicted molar refractivity (Wildman–Crippen MR) is 115 cm³/mol. The molecule has 1 atom stereocenters. The van der Waals surface area contributed by atoms with Crippen LogP contribution in [0.2, 0.25) is 5.02 Å². The maximum absolute atomic E-state index is 12.2. The second kappa shape index (κ2) is 9.57. The number of halogens is 1. The summed E-state index contributed by atoms with van der Waals surface area (Å²) in [5, 5.41) is 12.6. The minimum absolute atomic E-state index is 0.0628. The van der Waals surface area contributed by atoms with Gasteiger partial charge in [0.2, 0.25) is 5.91 Å². The van der Waals surface area contributed by atoms with Crippen molar-refractivity contribution in [1.82, 2.24) is 20.1 Å². The SMILES string of the molecule is C=CCNC(=O)C(C)Sc1nnc(-c2ccc(Cl)cc2)n1Cc1ccccc1. The number of benzene rings is 2. The van der Waals surface area contributed by atoms with E-state index in [2.05, 4.69) is 34.2 Å². The van der Waals surface area contributed by atoms with E-state index in [0.717, 1.165) is 17.0 Å². The molecule has 5 nitrogen and oxygen atoms in total. The summed E-state index contributed by atoms with van der Waals surface area (Å²) in [6, 6.07) is 17.6. The predicted octanol–water partition coefficient (Wildman–Crippen LogP) is 4.43. The van der Waals surface area contributed by atoms with Crippen molar-refractivity contribution < 1.29 is 4.79 Å². The molecule has 2 aromatic carbocycles. The van der Waals surface area contributed by atoms with Crippen molar-refractivity contribution in [3.05, 3.63) is 77.8 Å². The minimum atomic E-state index is -0.309. The molecule has 144 valence electrons. The molecular weight excluding hydrogens is 392 g/mol. The van der Waals surface area contributed by atoms with Crippen molar-refractivity contribution in [3.8, 4) is 11.4 Å². The highest BCUT2D eigenvalue weighted by Crippen LogP contribution is 2.28. The van der Waals surface area contributed by atoms with E-state index in [1.54, 1.807) is 6.08 Å². The molecule has 0 bridgehead atoms. The molecule has 3 aromatic rings. The van der Waals surface area contributed by atoms with Crippen LogP contribution in [-0.4, -0.2) is 32.5 Å². The van der Waals surface area contributed by atoms with Crippen LogP contribution in [-0.2, 0) is 11.3 Å². The molecule has 0 saturated heterocycles. The number of hydrogen-bond acceptors (Lipinski definition) is 4. The van der Waals surface area contributed by atoms with Gasteiger partial charge in [-0.25, -0.2) is 0 Å². The number of carbonyl (C=O) groups excluding carboxylic acids is 1. The van der Waals surface area contributed by atoms with Gasteiger partial charge >= 0.3 is 0 Å². The van der Waals surface area contributed by atoms with Crippen molar-refractivity contribution in [1.29, 1.82) is 0 Å². The molecule has 0 aliphatic heterocycles. The monoisotopic (exact) mass is 412 g/mol. The van der Waals surface area contributed by atoms with Gasteiger partial charge in [0.15, 0.2) is 11.0 Å². The minimum Gasteiger partial charge on any atom is -0.352 e. The summed E-state index contributed by atoms with van der Waals surface area (Å²) in [6.45, 7) is 6.52. The lowest BCUT2D eigenvalue weighted by Gasteiger charge is -2.13. The zero-order valence-electron chi connectivity index (χ0n) is 15.5. The first-order valence-corrected chi connectivity index (χ1v) is 10.1. The van der Waals surface area contributed by atoms with Crippen molar-refractivity contribution in [2.45, 2.75) is 23.9 Å². The Morgan fingerprint density at radius 1 is 1.21 bits per heavy atom. The van der Waals surface area contributed by atoms with Gasteiger partial charge in [-0.05, 0) is 36.8 Å². The molecule has 0 radical (unpaired) electrons. The largest absolute Gasteiger partial charge is 0.352 e. The lowest BCUT2D eigenvalue weighted by Crippen LogP contribution is -2.31. The zero-order valence-corrected chi connectivity index (χ0v) is 17.1. The van der Waals surface area contributed by atoms with Gasteiger partial charge in [-0.15, -0.1) is 16.8 Å². The summed E-state index contributed by atoms with van der Waals surface area (Å²) in [5.74, 6) is 0.675. The third kappa shape index (κ3) is 5.03. The van der Waals surface area contributed by atoms with Crippen LogP contribution >= 0.6 is 23.4 Å². The number of amides is 1. The summed E-state index contributed by atoms with van der Waals surface area (Å²) >= 11 is 7.40. The molecular formula is C21H21ClN4OS. The molecule has 1 N–H and O–H groups in total. The highest BCUT2D eigenvalue weighted by Gasteiger charge is 2.20. The van der Waals surface area contributed by atoms with Gasteiger partial charge in [0.1, 0.15) is 0 Å². The van der Waals surface area contributed by atoms with Crippen LogP contribution in [0.15, 0.2) is 72.4 Å². The van der Waals surface area contributed by atoms with E-state index in [9.17, 15) is 4.79 Å². The van der Waals surface area contributed by atoms with Crippen molar-refractivity contribution in [2.75, 3.05) is 6.54 Å². The van der Waals surface area contributed by atoms with E-state index in [1.807, 2.05) is 54.0 Å². The number of thioether (sulfide) groups is 1. The maximum atomic E-state index is 12.2. The number of aromatic nitrogens is 3. The molecule has 0 spiro atoms. The van der Waals surface area contributed by atoms with E-state index >= 15 is 0 Å². The molecule has 0 aliphatic rings. The standard InChI is InChI=1S/C21H21ClN4OS/c1-3-13-23-20(27)15(2)28-21-25-24-19(17-9-11-18(22)12-10-17)26(21)14-16-7-5-4-6-8-16/h3-12,15H,1,13-14H2,2H3,(H,23,27). The Morgan fingerprint density at radius 3 is 2.61 bits per heavy atom. The second-order valence-corrected chi connectivity index (χ2v) is 7.92. The van der Waals surface area contributed by atoms with E-state index in [0.29, 0.717) is 23.3 Å². The smallest absolute Gasteiger partial charge is 0.233 e. The third-order valence-electron chi connectivity index (χ3n) is 4.07. The quantitative estimate of drug-likeness (QED) is 0.439. The highest BCUT2D eigenvalue weighted by atomic mass is 35.5. The fourth-order valence-corrected chi connectivity index (χ4v) is 3.62. The van der Waals surface area contributed by atoms with Gasteiger partial charge < -0.3 is 5.32 Å². The summed E-state index contributed by atoms with van der Waals surface area (Å²) in [5.41, 5.74) is 2.05. The van der Waals surface area contributed by atoms with Crippen molar-refractivity contribution in [3.63, 3.8) is 0 Å². The molecule has 7 heteroatoms. The molecule has 28 heavy (non-hydrogen) atoms. The van der Waals surface area contributed by atoms with Crippen LogP contribution in [0.3, 0.4) is 0 Å². The van der Waals surface area contributed by atoms with Gasteiger partial charge in [-0.2, -0.15) is 0 Å². The first kappa shape index (κ1) is 20.2. The van der Waals surface area contributed by atoms with E-state index < -0.39 is 0 Å². The van der Waals surface area contributed by atoms with E-state index in [1.165, 1.54) is 11.8 Å². The summed E-state index contributed by atoms with van der Waals surface area (Å²) in [6.07, 6.45) is 1.66. The lowest BCUT2D eigenvalue weighted by atomic mass is 10.2. The van der Waals surface area contributed by atoms with Gasteiger partial charge in [0.25, 0.3) is 0 Å². The first-order chi connectivity index (χ1) is 13.6. The molecule has 1 aromatic heterocycles. The second-order valence-electron chi connectivity index (χ2n) is 6.18. The zero-order chi connectivity index (χ0) is 19.9. The van der Waals surface area contributed by atoms with Crippen LogP contribution in [0.25, 0.3) is 11.4 Å². The summed E-state index contributed by atoms with van der Waals surface area (Å²) in [4.78, 5) is 12.2. The van der Waals surface area contributed by atoms with Crippen LogP contribution in [0.5, 0.6) is 0 Å². The molecule has 0 aliphatic carbocycles.